The van der Waals surface area contributed by atoms with Gasteiger partial charge in [-0.05, 0) is 18.1 Å². The third kappa shape index (κ3) is 3.87. The van der Waals surface area contributed by atoms with Crippen molar-refractivity contribution in [2.75, 3.05) is 7.11 Å². The first-order valence-electron chi connectivity index (χ1n) is 6.62. The van der Waals surface area contributed by atoms with E-state index in [0.29, 0.717) is 13.0 Å². The van der Waals surface area contributed by atoms with Gasteiger partial charge in [-0.2, -0.15) is 0 Å². The predicted octanol–water partition coefficient (Wildman–Crippen LogP) is 1.85. The van der Waals surface area contributed by atoms with Crippen molar-refractivity contribution in [3.05, 3.63) is 53.7 Å². The highest BCUT2D eigenvalue weighted by atomic mass is 16.5. The molecule has 3 N–H and O–H groups in total. The van der Waals surface area contributed by atoms with Crippen LogP contribution in [0.5, 0.6) is 0 Å². The molecule has 1 atom stereocenters. The minimum absolute atomic E-state index is 0.308. The summed E-state index contributed by atoms with van der Waals surface area (Å²) in [7, 11) is 1.65. The van der Waals surface area contributed by atoms with E-state index in [1.54, 1.807) is 13.3 Å². The molecule has 2 rings (SSSR count). The third-order valence-corrected chi connectivity index (χ3v) is 3.19. The van der Waals surface area contributed by atoms with Gasteiger partial charge in [0.25, 0.3) is 0 Å². The van der Waals surface area contributed by atoms with Crippen molar-refractivity contribution in [1.82, 2.24) is 4.98 Å². The van der Waals surface area contributed by atoms with Crippen molar-refractivity contribution < 1.29 is 14.6 Å². The molecule has 0 spiro atoms. The van der Waals surface area contributed by atoms with Crippen molar-refractivity contribution in [1.29, 1.82) is 0 Å². The van der Waals surface area contributed by atoms with E-state index in [9.17, 15) is 4.79 Å². The fourth-order valence-electron chi connectivity index (χ4n) is 2.11. The molecular weight excluding hydrogens is 268 g/mol. The normalized spacial score (nSPS) is 12.1. The van der Waals surface area contributed by atoms with E-state index >= 15 is 0 Å². The average Bonchev–Trinajstić information content (AvgIpc) is 2.49. The van der Waals surface area contributed by atoms with Crippen LogP contribution in [0.25, 0.3) is 11.3 Å². The molecule has 110 valence electrons. The maximum Gasteiger partial charge on any atom is 0.320 e. The van der Waals surface area contributed by atoms with Crippen LogP contribution in [-0.4, -0.2) is 29.2 Å². The Hall–Kier alpha value is -2.24. The molecule has 21 heavy (non-hydrogen) atoms. The summed E-state index contributed by atoms with van der Waals surface area (Å²) in [4.78, 5) is 15.1. The molecule has 0 fully saturated rings. The highest BCUT2D eigenvalue weighted by Gasteiger charge is 2.12. The Kier molecular flexibility index (Phi) is 5.03. The number of rotatable bonds is 6. The summed E-state index contributed by atoms with van der Waals surface area (Å²) in [5.41, 5.74) is 9.27. The molecule has 1 aromatic heterocycles. The largest absolute Gasteiger partial charge is 0.480 e. The van der Waals surface area contributed by atoms with Gasteiger partial charge in [-0.15, -0.1) is 0 Å². The van der Waals surface area contributed by atoms with Crippen LogP contribution in [0.3, 0.4) is 0 Å². The van der Waals surface area contributed by atoms with Gasteiger partial charge in [0.15, 0.2) is 0 Å². The lowest BCUT2D eigenvalue weighted by Crippen LogP contribution is -2.32. The zero-order valence-corrected chi connectivity index (χ0v) is 11.8. The average molecular weight is 286 g/mol. The highest BCUT2D eigenvalue weighted by Crippen LogP contribution is 2.22. The van der Waals surface area contributed by atoms with Gasteiger partial charge < -0.3 is 15.6 Å². The van der Waals surface area contributed by atoms with Crippen molar-refractivity contribution in [3.8, 4) is 11.3 Å². The summed E-state index contributed by atoms with van der Waals surface area (Å²) in [6, 6.07) is 10.6. The molecule has 0 aliphatic heterocycles. The van der Waals surface area contributed by atoms with E-state index in [2.05, 4.69) is 4.98 Å². The Balaban J connectivity index is 2.21. The molecule has 0 saturated heterocycles. The maximum absolute atomic E-state index is 10.8. The van der Waals surface area contributed by atoms with Crippen LogP contribution in [-0.2, 0) is 22.6 Å². The molecule has 0 saturated carbocycles. The number of methoxy groups -OCH3 is 1. The summed E-state index contributed by atoms with van der Waals surface area (Å²) in [5.74, 6) is -0.994. The zero-order valence-electron chi connectivity index (χ0n) is 11.8. The topological polar surface area (TPSA) is 85.4 Å². The number of aromatic nitrogens is 1. The minimum atomic E-state index is -0.994. The molecule has 0 amide bonds. The number of nitrogens with zero attached hydrogens (tertiary/aromatic N) is 1. The molecule has 1 aromatic carbocycles. The molecule has 5 nitrogen and oxygen atoms in total. The van der Waals surface area contributed by atoms with E-state index in [0.717, 1.165) is 22.4 Å². The van der Waals surface area contributed by atoms with Crippen LogP contribution in [0, 0.1) is 0 Å². The number of aliphatic carboxylic acids is 1. The van der Waals surface area contributed by atoms with E-state index < -0.39 is 12.0 Å². The molecule has 0 aliphatic rings. The highest BCUT2D eigenvalue weighted by molar-refractivity contribution is 5.73. The number of ether oxygens (including phenoxy) is 1. The van der Waals surface area contributed by atoms with Gasteiger partial charge in [0, 0.05) is 24.4 Å². The van der Waals surface area contributed by atoms with Crippen LogP contribution >= 0.6 is 0 Å². The van der Waals surface area contributed by atoms with Gasteiger partial charge in [-0.3, -0.25) is 9.78 Å². The summed E-state index contributed by atoms with van der Waals surface area (Å²) >= 11 is 0. The smallest absolute Gasteiger partial charge is 0.320 e. The molecule has 0 bridgehead atoms. The summed E-state index contributed by atoms with van der Waals surface area (Å²) in [6.45, 7) is 0.495. The Labute approximate surface area is 123 Å². The maximum atomic E-state index is 10.8. The van der Waals surface area contributed by atoms with Gasteiger partial charge in [0.1, 0.15) is 6.04 Å². The minimum Gasteiger partial charge on any atom is -0.480 e. The second kappa shape index (κ2) is 6.97. The predicted molar refractivity (Wildman–Crippen MR) is 79.7 cm³/mol. The van der Waals surface area contributed by atoms with Crippen molar-refractivity contribution in [2.45, 2.75) is 19.1 Å². The number of carboxylic acid groups (broad SMARTS) is 1. The van der Waals surface area contributed by atoms with E-state index in [1.807, 2.05) is 36.4 Å². The van der Waals surface area contributed by atoms with E-state index in [1.165, 1.54) is 0 Å². The Morgan fingerprint density at radius 3 is 2.67 bits per heavy atom. The Morgan fingerprint density at radius 2 is 2.05 bits per heavy atom. The number of carboxylic acids is 1. The number of nitrogens with two attached hydrogens (primary N) is 1. The van der Waals surface area contributed by atoms with Crippen molar-refractivity contribution in [3.63, 3.8) is 0 Å². The fourth-order valence-corrected chi connectivity index (χ4v) is 2.11. The number of benzene rings is 1. The van der Waals surface area contributed by atoms with Crippen LogP contribution in [0.2, 0.25) is 0 Å². The van der Waals surface area contributed by atoms with Crippen molar-refractivity contribution in [2.24, 2.45) is 5.73 Å². The van der Waals surface area contributed by atoms with Crippen LogP contribution < -0.4 is 5.73 Å². The number of hydrogen-bond donors (Lipinski definition) is 2. The van der Waals surface area contributed by atoms with Gasteiger partial charge >= 0.3 is 5.97 Å². The molecular formula is C16H18N2O3. The molecule has 0 aliphatic carbocycles. The van der Waals surface area contributed by atoms with E-state index in [-0.39, 0.29) is 0 Å². The summed E-state index contributed by atoms with van der Waals surface area (Å²) < 4.78 is 5.17. The number of pyridine rings is 1. The third-order valence-electron chi connectivity index (χ3n) is 3.19. The SMILES string of the molecule is COCc1cccnc1-c1ccc(CC(N)C(=O)O)cc1. The van der Waals surface area contributed by atoms with Gasteiger partial charge in [-0.25, -0.2) is 0 Å². The first kappa shape index (κ1) is 15.2. The van der Waals surface area contributed by atoms with Gasteiger partial charge in [0.2, 0.25) is 0 Å². The van der Waals surface area contributed by atoms with Gasteiger partial charge in [0.05, 0.1) is 12.3 Å². The monoisotopic (exact) mass is 286 g/mol. The quantitative estimate of drug-likeness (QED) is 0.846. The zero-order chi connectivity index (χ0) is 15.2. The summed E-state index contributed by atoms with van der Waals surface area (Å²) in [5, 5.41) is 8.82. The fraction of sp³-hybridized carbons (Fsp3) is 0.250. The first-order chi connectivity index (χ1) is 10.1. The molecule has 1 heterocycles. The van der Waals surface area contributed by atoms with Crippen LogP contribution in [0.4, 0.5) is 0 Å². The Bertz CT molecular complexity index is 611. The first-order valence-corrected chi connectivity index (χ1v) is 6.62. The standard InChI is InChI=1S/C16H18N2O3/c1-21-10-13-3-2-8-18-15(13)12-6-4-11(5-7-12)9-14(17)16(19)20/h2-8,14H,9-10,17H2,1H3,(H,19,20). The lowest BCUT2D eigenvalue weighted by atomic mass is 10.0. The number of hydrogen-bond acceptors (Lipinski definition) is 4. The summed E-state index contributed by atoms with van der Waals surface area (Å²) in [6.07, 6.45) is 2.05. The Morgan fingerprint density at radius 1 is 1.33 bits per heavy atom. The lowest BCUT2D eigenvalue weighted by molar-refractivity contribution is -0.138. The number of carbonyl (C=O) groups is 1. The molecule has 0 radical (unpaired) electrons. The second-order valence-corrected chi connectivity index (χ2v) is 4.79. The lowest BCUT2D eigenvalue weighted by Gasteiger charge is -2.10. The molecule has 2 aromatic rings. The van der Waals surface area contributed by atoms with Crippen LogP contribution in [0.1, 0.15) is 11.1 Å². The van der Waals surface area contributed by atoms with Crippen LogP contribution in [0.15, 0.2) is 42.6 Å². The molecule has 5 heteroatoms. The van der Waals surface area contributed by atoms with Crippen molar-refractivity contribution >= 4 is 5.97 Å². The van der Waals surface area contributed by atoms with Gasteiger partial charge in [-0.1, -0.05) is 30.3 Å². The second-order valence-electron chi connectivity index (χ2n) is 4.79. The molecule has 1 unspecified atom stereocenters. The van der Waals surface area contributed by atoms with E-state index in [4.69, 9.17) is 15.6 Å².